The fourth-order valence-corrected chi connectivity index (χ4v) is 0.851. The van der Waals surface area contributed by atoms with Crippen LogP contribution < -0.4 is 0 Å². The molecule has 0 aromatic carbocycles. The fourth-order valence-electron chi connectivity index (χ4n) is 0.851. The van der Waals surface area contributed by atoms with Gasteiger partial charge in [-0.1, -0.05) is 13.3 Å². The molecule has 0 spiro atoms. The first kappa shape index (κ1) is 8.17. The molecule has 1 aromatic heterocycles. The second-order valence-corrected chi connectivity index (χ2v) is 2.44. The van der Waals surface area contributed by atoms with Gasteiger partial charge in [0.25, 0.3) is 0 Å². The molecule has 62 valence electrons. The number of hydrogen-bond acceptors (Lipinski definition) is 2. The maximum Gasteiger partial charge on any atom is 0.181 e. The van der Waals surface area contributed by atoms with Crippen molar-refractivity contribution in [1.82, 2.24) is 15.2 Å². The number of alkyl halides is 1. The predicted molar refractivity (Wildman–Crippen MR) is 39.8 cm³/mol. The highest BCUT2D eigenvalue weighted by Gasteiger charge is 2.00. The highest BCUT2D eigenvalue weighted by molar-refractivity contribution is 4.88. The van der Waals surface area contributed by atoms with E-state index < -0.39 is 6.67 Å². The van der Waals surface area contributed by atoms with Gasteiger partial charge in [0.15, 0.2) is 12.5 Å². The van der Waals surface area contributed by atoms with Crippen molar-refractivity contribution >= 4 is 0 Å². The van der Waals surface area contributed by atoms with Crippen molar-refractivity contribution in [3.8, 4) is 0 Å². The van der Waals surface area contributed by atoms with Crippen molar-refractivity contribution in [2.24, 2.45) is 0 Å². The van der Waals surface area contributed by atoms with Crippen LogP contribution in [0.1, 0.15) is 31.4 Å². The van der Waals surface area contributed by atoms with Crippen LogP contribution in [0.4, 0.5) is 4.39 Å². The van der Waals surface area contributed by atoms with Crippen LogP contribution >= 0.6 is 0 Å². The zero-order valence-electron chi connectivity index (χ0n) is 6.60. The van der Waals surface area contributed by atoms with E-state index in [0.29, 0.717) is 0 Å². The van der Waals surface area contributed by atoms with Crippen LogP contribution in [0, 0.1) is 0 Å². The van der Waals surface area contributed by atoms with Crippen LogP contribution in [0.15, 0.2) is 0 Å². The summed E-state index contributed by atoms with van der Waals surface area (Å²) in [5.74, 6) is 1.05. The molecule has 11 heavy (non-hydrogen) atoms. The van der Waals surface area contributed by atoms with Crippen molar-refractivity contribution in [2.45, 2.75) is 32.9 Å². The molecule has 0 aliphatic heterocycles. The monoisotopic (exact) mass is 157 g/mol. The molecule has 3 nitrogen and oxygen atoms in total. The molecule has 0 aliphatic rings. The lowest BCUT2D eigenvalue weighted by Gasteiger charge is -1.89. The van der Waals surface area contributed by atoms with Gasteiger partial charge in [-0.05, 0) is 6.42 Å². The number of unbranched alkanes of at least 4 members (excludes halogenated alkanes) is 1. The second-order valence-electron chi connectivity index (χ2n) is 2.44. The molecule has 0 fully saturated rings. The Labute approximate surface area is 65.0 Å². The Morgan fingerprint density at radius 3 is 2.91 bits per heavy atom. The first-order chi connectivity index (χ1) is 5.36. The Bertz CT molecular complexity index is 209. The molecular formula is C7H12FN3. The average molecular weight is 157 g/mol. The van der Waals surface area contributed by atoms with Gasteiger partial charge in [0, 0.05) is 6.42 Å². The minimum Gasteiger partial charge on any atom is -0.263 e. The number of aryl methyl sites for hydroxylation is 1. The molecule has 0 radical (unpaired) electrons. The minimum absolute atomic E-state index is 0.260. The van der Waals surface area contributed by atoms with Crippen LogP contribution in [0.2, 0.25) is 0 Å². The molecular weight excluding hydrogens is 145 g/mol. The maximum absolute atomic E-state index is 11.9. The molecule has 1 rings (SSSR count). The van der Waals surface area contributed by atoms with Gasteiger partial charge in [-0.2, -0.15) is 5.10 Å². The lowest BCUT2D eigenvalue weighted by molar-refractivity contribution is 0.466. The smallest absolute Gasteiger partial charge is 0.181 e. The summed E-state index contributed by atoms with van der Waals surface area (Å²) in [4.78, 5) is 3.92. The van der Waals surface area contributed by atoms with Crippen LogP contribution in [-0.4, -0.2) is 15.2 Å². The Morgan fingerprint density at radius 1 is 1.55 bits per heavy atom. The molecule has 0 saturated heterocycles. The highest BCUT2D eigenvalue weighted by Crippen LogP contribution is 1.99. The van der Waals surface area contributed by atoms with E-state index >= 15 is 0 Å². The number of halogens is 1. The predicted octanol–water partition coefficient (Wildman–Crippen LogP) is 1.62. The van der Waals surface area contributed by atoms with E-state index in [1.165, 1.54) is 0 Å². The van der Waals surface area contributed by atoms with Crippen molar-refractivity contribution in [1.29, 1.82) is 0 Å². The van der Waals surface area contributed by atoms with E-state index in [2.05, 4.69) is 22.1 Å². The third-order valence-corrected chi connectivity index (χ3v) is 1.46. The molecule has 0 atom stereocenters. The normalized spacial score (nSPS) is 10.4. The van der Waals surface area contributed by atoms with Crippen molar-refractivity contribution in [3.63, 3.8) is 0 Å². The molecule has 0 aliphatic carbocycles. The quantitative estimate of drug-likeness (QED) is 0.721. The summed E-state index contributed by atoms with van der Waals surface area (Å²) in [6.45, 7) is 1.52. The third-order valence-electron chi connectivity index (χ3n) is 1.46. The summed E-state index contributed by atoms with van der Waals surface area (Å²) in [7, 11) is 0. The van der Waals surface area contributed by atoms with E-state index in [0.717, 1.165) is 25.1 Å². The molecule has 4 heteroatoms. The fraction of sp³-hybridized carbons (Fsp3) is 0.714. The largest absolute Gasteiger partial charge is 0.263 e. The van der Waals surface area contributed by atoms with E-state index in [-0.39, 0.29) is 5.82 Å². The van der Waals surface area contributed by atoms with Gasteiger partial charge in [0.1, 0.15) is 5.82 Å². The number of H-pyrrole nitrogens is 1. The minimum atomic E-state index is -0.581. The summed E-state index contributed by atoms with van der Waals surface area (Å²) in [5, 5.41) is 6.37. The van der Waals surface area contributed by atoms with Gasteiger partial charge in [-0.15, -0.1) is 0 Å². The van der Waals surface area contributed by atoms with Crippen LogP contribution in [-0.2, 0) is 13.1 Å². The molecule has 0 amide bonds. The van der Waals surface area contributed by atoms with Gasteiger partial charge in [-0.3, -0.25) is 5.10 Å². The van der Waals surface area contributed by atoms with Crippen molar-refractivity contribution in [3.05, 3.63) is 11.6 Å². The maximum atomic E-state index is 11.9. The summed E-state index contributed by atoms with van der Waals surface area (Å²) in [6, 6.07) is 0. The zero-order chi connectivity index (χ0) is 8.10. The van der Waals surface area contributed by atoms with Crippen LogP contribution in [0.25, 0.3) is 0 Å². The summed E-state index contributed by atoms with van der Waals surface area (Å²) >= 11 is 0. The molecule has 1 aromatic rings. The van der Waals surface area contributed by atoms with Gasteiger partial charge < -0.3 is 0 Å². The Hall–Kier alpha value is -0.930. The van der Waals surface area contributed by atoms with E-state index in [1.807, 2.05) is 0 Å². The molecule has 0 saturated carbocycles. The number of hydrogen-bond donors (Lipinski definition) is 1. The number of aromatic nitrogens is 3. The molecule has 1 heterocycles. The molecule has 0 bridgehead atoms. The Balaban J connectivity index is 2.44. The van der Waals surface area contributed by atoms with E-state index in [1.54, 1.807) is 0 Å². The zero-order valence-corrected chi connectivity index (χ0v) is 6.60. The van der Waals surface area contributed by atoms with Crippen LogP contribution in [0.5, 0.6) is 0 Å². The summed E-state index contributed by atoms with van der Waals surface area (Å²) in [5.41, 5.74) is 0. The lowest BCUT2D eigenvalue weighted by Crippen LogP contribution is -1.87. The van der Waals surface area contributed by atoms with E-state index in [9.17, 15) is 4.39 Å². The van der Waals surface area contributed by atoms with Gasteiger partial charge in [0.2, 0.25) is 0 Å². The van der Waals surface area contributed by atoms with Crippen LogP contribution in [0.3, 0.4) is 0 Å². The van der Waals surface area contributed by atoms with Crippen molar-refractivity contribution in [2.75, 3.05) is 0 Å². The second kappa shape index (κ2) is 4.05. The highest BCUT2D eigenvalue weighted by atomic mass is 19.1. The first-order valence-corrected chi connectivity index (χ1v) is 3.83. The first-order valence-electron chi connectivity index (χ1n) is 3.83. The average Bonchev–Trinajstić information content (AvgIpc) is 2.48. The van der Waals surface area contributed by atoms with Gasteiger partial charge >= 0.3 is 0 Å². The van der Waals surface area contributed by atoms with Gasteiger partial charge in [0.05, 0.1) is 0 Å². The van der Waals surface area contributed by atoms with Crippen molar-refractivity contribution < 1.29 is 4.39 Å². The number of aromatic amines is 1. The van der Waals surface area contributed by atoms with E-state index in [4.69, 9.17) is 0 Å². The summed E-state index contributed by atoms with van der Waals surface area (Å²) in [6.07, 6.45) is 3.05. The SMILES string of the molecule is CCCCc1nc(CF)n[nH]1. The Morgan fingerprint density at radius 2 is 2.36 bits per heavy atom. The molecule has 1 N–H and O–H groups in total. The standard InChI is InChI=1S/C7H12FN3/c1-2-3-4-6-9-7(5-8)11-10-6/h2-5H2,1H3,(H,9,10,11). The van der Waals surface area contributed by atoms with Gasteiger partial charge in [-0.25, -0.2) is 9.37 Å². The summed E-state index contributed by atoms with van der Waals surface area (Å²) < 4.78 is 11.9. The third kappa shape index (κ3) is 2.29. The number of nitrogens with zero attached hydrogens (tertiary/aromatic N) is 2. The Kier molecular flexibility index (Phi) is 3.01. The number of nitrogens with one attached hydrogen (secondary N) is 1. The lowest BCUT2D eigenvalue weighted by atomic mass is 10.2. The number of rotatable bonds is 4. The topological polar surface area (TPSA) is 41.6 Å². The molecule has 0 unspecified atom stereocenters.